The summed E-state index contributed by atoms with van der Waals surface area (Å²) in [6.07, 6.45) is 19.3. The number of ether oxygens (including phenoxy) is 1. The van der Waals surface area contributed by atoms with E-state index in [4.69, 9.17) is 4.74 Å². The highest BCUT2D eigenvalue weighted by Crippen LogP contribution is 2.24. The maximum absolute atomic E-state index is 14.4. The standard InChI is InChI=1S/C26H39FN2O/c1-3-5-7-9-11-13-15-23-20-29-25(21-28-23)22-16-17-26(24(27)19-22)30-18-14-12-10-8-6-4-2/h16-17,19-21H,3-15,18H2,1-2H3. The molecule has 2 rings (SSSR count). The molecule has 0 spiro atoms. The monoisotopic (exact) mass is 414 g/mol. The topological polar surface area (TPSA) is 35.0 Å². The van der Waals surface area contributed by atoms with Crippen LogP contribution in [0.5, 0.6) is 5.75 Å². The molecule has 0 bridgehead atoms. The number of unbranched alkanes of at least 4 members (excludes halogenated alkanes) is 10. The highest BCUT2D eigenvalue weighted by molar-refractivity contribution is 5.59. The van der Waals surface area contributed by atoms with Crippen LogP contribution in [-0.2, 0) is 6.42 Å². The molecule has 166 valence electrons. The van der Waals surface area contributed by atoms with Crippen molar-refractivity contribution in [3.63, 3.8) is 0 Å². The highest BCUT2D eigenvalue weighted by Gasteiger charge is 2.08. The predicted molar refractivity (Wildman–Crippen MR) is 123 cm³/mol. The molecule has 0 radical (unpaired) electrons. The third kappa shape index (κ3) is 9.23. The van der Waals surface area contributed by atoms with Crippen LogP contribution < -0.4 is 4.74 Å². The van der Waals surface area contributed by atoms with Crippen molar-refractivity contribution in [1.29, 1.82) is 0 Å². The lowest BCUT2D eigenvalue weighted by Gasteiger charge is -2.09. The van der Waals surface area contributed by atoms with Crippen LogP contribution in [0.4, 0.5) is 4.39 Å². The molecule has 2 aromatic rings. The van der Waals surface area contributed by atoms with Crippen molar-refractivity contribution in [1.82, 2.24) is 9.97 Å². The maximum Gasteiger partial charge on any atom is 0.165 e. The van der Waals surface area contributed by atoms with Crippen LogP contribution in [0.2, 0.25) is 0 Å². The lowest BCUT2D eigenvalue weighted by Crippen LogP contribution is -2.00. The fourth-order valence-electron chi connectivity index (χ4n) is 3.56. The summed E-state index contributed by atoms with van der Waals surface area (Å²) in [6, 6.07) is 5.05. The zero-order valence-electron chi connectivity index (χ0n) is 19.0. The molecule has 30 heavy (non-hydrogen) atoms. The van der Waals surface area contributed by atoms with E-state index in [1.54, 1.807) is 12.3 Å². The molecule has 0 N–H and O–H groups in total. The van der Waals surface area contributed by atoms with Gasteiger partial charge in [-0.15, -0.1) is 0 Å². The predicted octanol–water partition coefficient (Wildman–Crippen LogP) is 7.93. The second kappa shape index (κ2) is 14.9. The fourth-order valence-corrected chi connectivity index (χ4v) is 3.56. The van der Waals surface area contributed by atoms with E-state index >= 15 is 0 Å². The molecule has 0 unspecified atom stereocenters. The summed E-state index contributed by atoms with van der Waals surface area (Å²) in [7, 11) is 0. The summed E-state index contributed by atoms with van der Waals surface area (Å²) in [4.78, 5) is 9.01. The van der Waals surface area contributed by atoms with Gasteiger partial charge in [0.2, 0.25) is 0 Å². The first-order valence-corrected chi connectivity index (χ1v) is 12.0. The Morgan fingerprint density at radius 3 is 2.07 bits per heavy atom. The number of nitrogens with zero attached hydrogens (tertiary/aromatic N) is 2. The Morgan fingerprint density at radius 1 is 0.767 bits per heavy atom. The Kier molecular flexibility index (Phi) is 12.1. The molecule has 4 heteroatoms. The fraction of sp³-hybridized carbons (Fsp3) is 0.615. The van der Waals surface area contributed by atoms with E-state index in [2.05, 4.69) is 23.8 Å². The summed E-state index contributed by atoms with van der Waals surface area (Å²) >= 11 is 0. The molecular weight excluding hydrogens is 375 g/mol. The Hall–Kier alpha value is -1.97. The van der Waals surface area contributed by atoms with Gasteiger partial charge in [0.1, 0.15) is 0 Å². The smallest absolute Gasteiger partial charge is 0.165 e. The van der Waals surface area contributed by atoms with Crippen LogP contribution in [0.15, 0.2) is 30.6 Å². The number of rotatable bonds is 16. The van der Waals surface area contributed by atoms with Crippen LogP contribution in [0.1, 0.15) is 96.6 Å². The molecule has 1 aromatic carbocycles. The molecule has 1 aromatic heterocycles. The quantitative estimate of drug-likeness (QED) is 0.262. The summed E-state index contributed by atoms with van der Waals surface area (Å²) in [5, 5.41) is 0. The minimum Gasteiger partial charge on any atom is -0.491 e. The normalized spacial score (nSPS) is 11.0. The molecule has 1 heterocycles. The minimum absolute atomic E-state index is 0.319. The van der Waals surface area contributed by atoms with Gasteiger partial charge in [0, 0.05) is 11.8 Å². The molecule has 3 nitrogen and oxygen atoms in total. The summed E-state index contributed by atoms with van der Waals surface area (Å²) < 4.78 is 20.0. The first kappa shape index (κ1) is 24.3. The van der Waals surface area contributed by atoms with Gasteiger partial charge in [0.25, 0.3) is 0 Å². The first-order chi connectivity index (χ1) is 14.7. The van der Waals surface area contributed by atoms with Gasteiger partial charge < -0.3 is 4.74 Å². The Balaban J connectivity index is 1.75. The number of hydrogen-bond donors (Lipinski definition) is 0. The van der Waals surface area contributed by atoms with Gasteiger partial charge in [-0.25, -0.2) is 4.39 Å². The lowest BCUT2D eigenvalue weighted by atomic mass is 10.1. The van der Waals surface area contributed by atoms with Crippen molar-refractivity contribution in [3.8, 4) is 17.0 Å². The van der Waals surface area contributed by atoms with Gasteiger partial charge >= 0.3 is 0 Å². The lowest BCUT2D eigenvalue weighted by molar-refractivity contribution is 0.290. The van der Waals surface area contributed by atoms with E-state index < -0.39 is 0 Å². The maximum atomic E-state index is 14.4. The van der Waals surface area contributed by atoms with Crippen LogP contribution >= 0.6 is 0 Å². The molecule has 0 amide bonds. The van der Waals surface area contributed by atoms with Crippen LogP contribution in [0, 0.1) is 5.82 Å². The number of benzene rings is 1. The van der Waals surface area contributed by atoms with E-state index in [0.717, 1.165) is 36.9 Å². The van der Waals surface area contributed by atoms with Crippen molar-refractivity contribution in [2.45, 2.75) is 97.3 Å². The minimum atomic E-state index is -0.337. The highest BCUT2D eigenvalue weighted by atomic mass is 19.1. The number of aromatic nitrogens is 2. The van der Waals surface area contributed by atoms with Gasteiger partial charge in [0.15, 0.2) is 11.6 Å². The average molecular weight is 415 g/mol. The van der Waals surface area contributed by atoms with Gasteiger partial charge in [-0.05, 0) is 37.5 Å². The van der Waals surface area contributed by atoms with Gasteiger partial charge in [-0.2, -0.15) is 0 Å². The number of aryl methyl sites for hydroxylation is 1. The summed E-state index contributed by atoms with van der Waals surface area (Å²) in [6.45, 7) is 5.02. The second-order valence-electron chi connectivity index (χ2n) is 8.17. The molecule has 0 aliphatic heterocycles. The van der Waals surface area contributed by atoms with E-state index in [1.165, 1.54) is 63.9 Å². The molecule has 0 atom stereocenters. The van der Waals surface area contributed by atoms with Crippen molar-refractivity contribution in [2.75, 3.05) is 6.61 Å². The molecule has 0 saturated heterocycles. The van der Waals surface area contributed by atoms with Gasteiger partial charge in [-0.1, -0.05) is 78.1 Å². The molecule has 0 fully saturated rings. The van der Waals surface area contributed by atoms with Crippen LogP contribution in [0.25, 0.3) is 11.3 Å². The molecule has 0 saturated carbocycles. The van der Waals surface area contributed by atoms with Gasteiger partial charge in [-0.3, -0.25) is 9.97 Å². The second-order valence-corrected chi connectivity index (χ2v) is 8.17. The summed E-state index contributed by atoms with van der Waals surface area (Å²) in [5.74, 6) is -0.0172. The Morgan fingerprint density at radius 2 is 1.43 bits per heavy atom. The van der Waals surface area contributed by atoms with E-state index in [0.29, 0.717) is 18.1 Å². The zero-order chi connectivity index (χ0) is 21.4. The Labute approximate surface area is 182 Å². The summed E-state index contributed by atoms with van der Waals surface area (Å²) in [5.41, 5.74) is 2.44. The van der Waals surface area contributed by atoms with Crippen LogP contribution in [-0.4, -0.2) is 16.6 Å². The van der Waals surface area contributed by atoms with E-state index in [9.17, 15) is 4.39 Å². The van der Waals surface area contributed by atoms with Crippen molar-refractivity contribution >= 4 is 0 Å². The van der Waals surface area contributed by atoms with Crippen LogP contribution in [0.3, 0.4) is 0 Å². The van der Waals surface area contributed by atoms with Crippen molar-refractivity contribution in [2.24, 2.45) is 0 Å². The van der Waals surface area contributed by atoms with Gasteiger partial charge in [0.05, 0.1) is 24.2 Å². The van der Waals surface area contributed by atoms with Crippen molar-refractivity contribution in [3.05, 3.63) is 42.1 Å². The number of hydrogen-bond acceptors (Lipinski definition) is 3. The SMILES string of the molecule is CCCCCCCCOc1ccc(-c2cnc(CCCCCCCC)cn2)cc1F. The van der Waals surface area contributed by atoms with E-state index in [-0.39, 0.29) is 5.82 Å². The molecular formula is C26H39FN2O. The van der Waals surface area contributed by atoms with E-state index in [1.807, 2.05) is 12.3 Å². The Bertz CT molecular complexity index is 703. The first-order valence-electron chi connectivity index (χ1n) is 12.0. The third-order valence-corrected chi connectivity index (χ3v) is 5.47. The molecule has 0 aliphatic rings. The molecule has 0 aliphatic carbocycles. The number of halogens is 1. The average Bonchev–Trinajstić information content (AvgIpc) is 2.77. The van der Waals surface area contributed by atoms with Crippen molar-refractivity contribution < 1.29 is 9.13 Å². The zero-order valence-corrected chi connectivity index (χ0v) is 19.0. The third-order valence-electron chi connectivity index (χ3n) is 5.47. The largest absolute Gasteiger partial charge is 0.491 e.